The van der Waals surface area contributed by atoms with E-state index in [2.05, 4.69) is 25.4 Å². The van der Waals surface area contributed by atoms with Crippen molar-refractivity contribution < 1.29 is 23.9 Å². The highest BCUT2D eigenvalue weighted by molar-refractivity contribution is 5.70. The number of pyridine rings is 1. The summed E-state index contributed by atoms with van der Waals surface area (Å²) in [6.07, 6.45) is 6.05. The van der Waals surface area contributed by atoms with Crippen LogP contribution in [-0.4, -0.2) is 43.9 Å². The molecule has 2 atom stereocenters. The van der Waals surface area contributed by atoms with E-state index < -0.39 is 5.97 Å². The largest absolute Gasteiger partial charge is 0.489 e. The molecule has 10 nitrogen and oxygen atoms in total. The lowest BCUT2D eigenvalue weighted by Crippen LogP contribution is -2.29. The van der Waals surface area contributed by atoms with E-state index in [9.17, 15) is 9.90 Å². The quantitative estimate of drug-likeness (QED) is 0.492. The van der Waals surface area contributed by atoms with E-state index in [4.69, 9.17) is 14.0 Å². The molecule has 1 saturated carbocycles. The van der Waals surface area contributed by atoms with Crippen LogP contribution in [0.25, 0.3) is 11.5 Å². The molecule has 0 aromatic carbocycles. The van der Waals surface area contributed by atoms with Gasteiger partial charge in [-0.2, -0.15) is 4.98 Å². The van der Waals surface area contributed by atoms with Gasteiger partial charge in [-0.05, 0) is 51.7 Å². The second kappa shape index (κ2) is 10.3. The van der Waals surface area contributed by atoms with E-state index in [0.29, 0.717) is 55.0 Å². The molecule has 1 aliphatic rings. The second-order valence-electron chi connectivity index (χ2n) is 7.90. The molecule has 33 heavy (non-hydrogen) atoms. The molecule has 174 valence electrons. The van der Waals surface area contributed by atoms with Gasteiger partial charge in [-0.3, -0.25) is 4.79 Å². The number of carboxylic acids is 1. The molecule has 0 bridgehead atoms. The summed E-state index contributed by atoms with van der Waals surface area (Å²) >= 11 is 0. The van der Waals surface area contributed by atoms with E-state index in [0.717, 1.165) is 24.1 Å². The molecule has 0 aliphatic heterocycles. The van der Waals surface area contributed by atoms with Gasteiger partial charge in [0.25, 0.3) is 0 Å². The minimum absolute atomic E-state index is 0.118. The first-order chi connectivity index (χ1) is 16.0. The van der Waals surface area contributed by atoms with Crippen molar-refractivity contribution in [3.8, 4) is 23.1 Å². The SMILES string of the molecule is CCOc1ccnc(NCc2c(C)noc2-c2ccc(O[C@H]3CCC[C@H](C(=O)O)C3)cn2)n1. The lowest BCUT2D eigenvalue weighted by Gasteiger charge is -2.27. The Hall–Kier alpha value is -3.69. The summed E-state index contributed by atoms with van der Waals surface area (Å²) in [5, 5.41) is 16.5. The number of aryl methyl sites for hydroxylation is 1. The number of aromatic nitrogens is 4. The fourth-order valence-corrected chi connectivity index (χ4v) is 3.87. The van der Waals surface area contributed by atoms with Gasteiger partial charge in [0.05, 0.1) is 30.5 Å². The third-order valence-corrected chi connectivity index (χ3v) is 5.58. The zero-order chi connectivity index (χ0) is 23.2. The lowest BCUT2D eigenvalue weighted by atomic mass is 9.87. The van der Waals surface area contributed by atoms with E-state index in [-0.39, 0.29) is 12.0 Å². The van der Waals surface area contributed by atoms with Crippen molar-refractivity contribution >= 4 is 11.9 Å². The molecule has 3 heterocycles. The Morgan fingerprint density at radius 2 is 2.15 bits per heavy atom. The highest BCUT2D eigenvalue weighted by Crippen LogP contribution is 2.30. The molecular formula is C23H27N5O5. The molecule has 0 spiro atoms. The van der Waals surface area contributed by atoms with Crippen LogP contribution < -0.4 is 14.8 Å². The summed E-state index contributed by atoms with van der Waals surface area (Å²) in [6.45, 7) is 4.69. The van der Waals surface area contributed by atoms with Crippen LogP contribution in [0.1, 0.15) is 43.9 Å². The number of rotatable bonds is 9. The molecule has 0 saturated heterocycles. The topological polar surface area (TPSA) is 132 Å². The van der Waals surface area contributed by atoms with Crippen LogP contribution in [0.2, 0.25) is 0 Å². The molecule has 3 aromatic rings. The van der Waals surface area contributed by atoms with Crippen molar-refractivity contribution in [3.63, 3.8) is 0 Å². The van der Waals surface area contributed by atoms with Crippen molar-refractivity contribution in [1.82, 2.24) is 20.1 Å². The van der Waals surface area contributed by atoms with Gasteiger partial charge in [-0.25, -0.2) is 9.97 Å². The average Bonchev–Trinajstić information content (AvgIpc) is 3.19. The van der Waals surface area contributed by atoms with Crippen molar-refractivity contribution in [1.29, 1.82) is 0 Å². The minimum Gasteiger partial charge on any atom is -0.489 e. The number of hydrogen-bond acceptors (Lipinski definition) is 9. The highest BCUT2D eigenvalue weighted by atomic mass is 16.5. The maximum atomic E-state index is 11.3. The van der Waals surface area contributed by atoms with Crippen molar-refractivity contribution in [2.45, 2.75) is 52.2 Å². The molecule has 2 N–H and O–H groups in total. The van der Waals surface area contributed by atoms with Gasteiger partial charge in [0.2, 0.25) is 11.8 Å². The first-order valence-corrected chi connectivity index (χ1v) is 11.0. The predicted molar refractivity (Wildman–Crippen MR) is 119 cm³/mol. The second-order valence-corrected chi connectivity index (χ2v) is 7.90. The highest BCUT2D eigenvalue weighted by Gasteiger charge is 2.28. The van der Waals surface area contributed by atoms with Crippen LogP contribution in [-0.2, 0) is 11.3 Å². The predicted octanol–water partition coefficient (Wildman–Crippen LogP) is 3.87. The maximum Gasteiger partial charge on any atom is 0.306 e. The number of carbonyl (C=O) groups is 1. The van der Waals surface area contributed by atoms with E-state index in [1.165, 1.54) is 0 Å². The Morgan fingerprint density at radius 3 is 2.91 bits per heavy atom. The number of nitrogens with one attached hydrogen (secondary N) is 1. The fraction of sp³-hybridized carbons (Fsp3) is 0.435. The first-order valence-electron chi connectivity index (χ1n) is 11.0. The summed E-state index contributed by atoms with van der Waals surface area (Å²) in [4.78, 5) is 24.3. The summed E-state index contributed by atoms with van der Waals surface area (Å²) in [7, 11) is 0. The van der Waals surface area contributed by atoms with Crippen LogP contribution in [0.3, 0.4) is 0 Å². The number of ether oxygens (including phenoxy) is 2. The van der Waals surface area contributed by atoms with Gasteiger partial charge in [-0.1, -0.05) is 5.16 Å². The van der Waals surface area contributed by atoms with E-state index >= 15 is 0 Å². The Morgan fingerprint density at radius 1 is 1.27 bits per heavy atom. The molecule has 0 unspecified atom stereocenters. The third-order valence-electron chi connectivity index (χ3n) is 5.58. The van der Waals surface area contributed by atoms with Gasteiger partial charge in [0.15, 0.2) is 5.76 Å². The summed E-state index contributed by atoms with van der Waals surface area (Å²) in [6, 6.07) is 5.33. The molecule has 10 heteroatoms. The maximum absolute atomic E-state index is 11.3. The van der Waals surface area contributed by atoms with Crippen molar-refractivity contribution in [2.75, 3.05) is 11.9 Å². The zero-order valence-corrected chi connectivity index (χ0v) is 18.7. The van der Waals surface area contributed by atoms with Crippen LogP contribution in [0, 0.1) is 12.8 Å². The first kappa shape index (κ1) is 22.5. The zero-order valence-electron chi connectivity index (χ0n) is 18.7. The smallest absolute Gasteiger partial charge is 0.306 e. The van der Waals surface area contributed by atoms with E-state index in [1.54, 1.807) is 18.5 Å². The number of nitrogens with zero attached hydrogens (tertiary/aromatic N) is 4. The Kier molecular flexibility index (Phi) is 7.01. The molecular weight excluding hydrogens is 426 g/mol. The fourth-order valence-electron chi connectivity index (χ4n) is 3.87. The average molecular weight is 453 g/mol. The van der Waals surface area contributed by atoms with Crippen LogP contribution >= 0.6 is 0 Å². The van der Waals surface area contributed by atoms with Crippen LogP contribution in [0.5, 0.6) is 11.6 Å². The molecule has 0 radical (unpaired) electrons. The number of hydrogen-bond donors (Lipinski definition) is 2. The van der Waals surface area contributed by atoms with Gasteiger partial charge in [0, 0.05) is 24.4 Å². The van der Waals surface area contributed by atoms with E-state index in [1.807, 2.05) is 26.0 Å². The van der Waals surface area contributed by atoms with Crippen LogP contribution in [0.4, 0.5) is 5.95 Å². The summed E-state index contributed by atoms with van der Waals surface area (Å²) in [5.41, 5.74) is 2.21. The van der Waals surface area contributed by atoms with Crippen molar-refractivity contribution in [2.24, 2.45) is 5.92 Å². The van der Waals surface area contributed by atoms with Crippen molar-refractivity contribution in [3.05, 3.63) is 41.9 Å². The summed E-state index contributed by atoms with van der Waals surface area (Å²) < 4.78 is 16.9. The Bertz CT molecular complexity index is 1090. The molecule has 0 amide bonds. The standard InChI is InChI=1S/C23H27N5O5/c1-3-31-20-9-10-24-23(27-20)26-13-18-14(2)28-33-21(18)19-8-7-17(12-25-19)32-16-6-4-5-15(11-16)22(29)30/h7-10,12,15-16H,3-6,11,13H2,1-2H3,(H,29,30)(H,24,26,27)/t15-,16-/m0/s1. The molecule has 3 aromatic heterocycles. The molecule has 1 fully saturated rings. The normalized spacial score (nSPS) is 18.0. The number of anilines is 1. The Labute approximate surface area is 191 Å². The number of carboxylic acid groups (broad SMARTS) is 1. The molecule has 1 aliphatic carbocycles. The van der Waals surface area contributed by atoms with Crippen LogP contribution in [0.15, 0.2) is 35.1 Å². The minimum atomic E-state index is -0.756. The third kappa shape index (κ3) is 5.57. The number of aliphatic carboxylic acids is 1. The van der Waals surface area contributed by atoms with Gasteiger partial charge in [-0.15, -0.1) is 0 Å². The monoisotopic (exact) mass is 453 g/mol. The molecule has 4 rings (SSSR count). The van der Waals surface area contributed by atoms with Gasteiger partial charge < -0.3 is 24.4 Å². The van der Waals surface area contributed by atoms with Gasteiger partial charge >= 0.3 is 5.97 Å². The lowest BCUT2D eigenvalue weighted by molar-refractivity contribution is -0.143. The Balaban J connectivity index is 1.42. The summed E-state index contributed by atoms with van der Waals surface area (Å²) in [5.74, 6) is 0.997. The van der Waals surface area contributed by atoms with Gasteiger partial charge in [0.1, 0.15) is 11.4 Å².